The molecule has 0 aromatic heterocycles. The average molecular weight is 366 g/mol. The Bertz CT molecular complexity index is 487. The van der Waals surface area contributed by atoms with E-state index in [1.54, 1.807) is 0 Å². The van der Waals surface area contributed by atoms with Crippen LogP contribution < -0.4 is 10.1 Å². The van der Waals surface area contributed by atoms with Gasteiger partial charge in [-0.1, -0.05) is 32.9 Å². The van der Waals surface area contributed by atoms with Gasteiger partial charge in [0.25, 0.3) is 0 Å². The molecule has 1 aromatic rings. The van der Waals surface area contributed by atoms with E-state index in [2.05, 4.69) is 38.2 Å². The monoisotopic (exact) mass is 365 g/mol. The fraction of sp³-hybridized carbons (Fsp3) is 0.667. The summed E-state index contributed by atoms with van der Waals surface area (Å²) in [5.41, 5.74) is 1.26. The molecule has 0 heterocycles. The second kappa shape index (κ2) is 13.7. The van der Waals surface area contributed by atoms with E-state index in [4.69, 9.17) is 14.2 Å². The van der Waals surface area contributed by atoms with Gasteiger partial charge in [0.1, 0.15) is 12.4 Å². The highest BCUT2D eigenvalue weighted by atomic mass is 16.5. The highest BCUT2D eigenvalue weighted by Crippen LogP contribution is 2.18. The van der Waals surface area contributed by atoms with E-state index in [9.17, 15) is 4.79 Å². The van der Waals surface area contributed by atoms with Gasteiger partial charge in [0.05, 0.1) is 6.61 Å². The molecule has 0 aliphatic carbocycles. The molecule has 0 saturated carbocycles. The Balaban J connectivity index is 2.03. The molecule has 1 aromatic carbocycles. The third-order valence-corrected chi connectivity index (χ3v) is 3.90. The van der Waals surface area contributed by atoms with Gasteiger partial charge in [-0.15, -0.1) is 0 Å². The van der Waals surface area contributed by atoms with Crippen molar-refractivity contribution in [1.29, 1.82) is 0 Å². The zero-order valence-electron chi connectivity index (χ0n) is 16.8. The quantitative estimate of drug-likeness (QED) is 0.478. The van der Waals surface area contributed by atoms with E-state index in [1.165, 1.54) is 5.56 Å². The molecule has 0 amide bonds. The Morgan fingerprint density at radius 1 is 0.962 bits per heavy atom. The summed E-state index contributed by atoms with van der Waals surface area (Å²) in [6.07, 6.45) is 2.19. The largest absolute Gasteiger partial charge is 0.494 e. The fourth-order valence-corrected chi connectivity index (χ4v) is 2.45. The molecule has 0 bridgehead atoms. The van der Waals surface area contributed by atoms with Crippen LogP contribution >= 0.6 is 0 Å². The number of ether oxygens (including phenoxy) is 3. The number of ketones is 1. The first kappa shape index (κ1) is 22.6. The Labute approximate surface area is 158 Å². The van der Waals surface area contributed by atoms with E-state index < -0.39 is 0 Å². The van der Waals surface area contributed by atoms with Gasteiger partial charge in [-0.25, -0.2) is 0 Å². The van der Waals surface area contributed by atoms with Crippen molar-refractivity contribution >= 4 is 5.78 Å². The Morgan fingerprint density at radius 3 is 2.19 bits per heavy atom. The lowest BCUT2D eigenvalue weighted by Gasteiger charge is -2.17. The van der Waals surface area contributed by atoms with Crippen molar-refractivity contribution in [3.63, 3.8) is 0 Å². The minimum Gasteiger partial charge on any atom is -0.494 e. The smallest absolute Gasteiger partial charge is 0.158 e. The summed E-state index contributed by atoms with van der Waals surface area (Å²) in [5, 5.41) is 3.49. The van der Waals surface area contributed by atoms with Crippen LogP contribution in [0.5, 0.6) is 5.75 Å². The number of hydrogen-bond acceptors (Lipinski definition) is 5. The number of benzene rings is 1. The predicted molar refractivity (Wildman–Crippen MR) is 105 cm³/mol. The van der Waals surface area contributed by atoms with Gasteiger partial charge < -0.3 is 19.5 Å². The van der Waals surface area contributed by atoms with Crippen molar-refractivity contribution in [3.8, 4) is 5.75 Å². The predicted octanol–water partition coefficient (Wildman–Crippen LogP) is 3.92. The van der Waals surface area contributed by atoms with Gasteiger partial charge in [-0.3, -0.25) is 4.79 Å². The maximum atomic E-state index is 11.1. The van der Waals surface area contributed by atoms with Gasteiger partial charge >= 0.3 is 0 Å². The third-order valence-electron chi connectivity index (χ3n) is 3.90. The lowest BCUT2D eigenvalue weighted by atomic mass is 10.1. The number of carbonyl (C=O) groups is 1. The first-order valence-corrected chi connectivity index (χ1v) is 9.69. The first-order valence-electron chi connectivity index (χ1n) is 9.69. The van der Waals surface area contributed by atoms with Crippen LogP contribution in [0.1, 0.15) is 58.6 Å². The molecule has 0 spiro atoms. The summed E-state index contributed by atoms with van der Waals surface area (Å²) in [7, 11) is 0. The Kier molecular flexibility index (Phi) is 11.9. The standard InChI is InChI=1S/C21H35NO4/c1-5-20(23)16-25-14-6-12-24-13-7-15-26-21-10-8-19(9-11-21)18(4)22-17(2)3/h8-11,17-18,22H,5-7,12-16H2,1-4H3/t18-/m1/s1. The Morgan fingerprint density at radius 2 is 1.58 bits per heavy atom. The zero-order chi connectivity index (χ0) is 19.2. The minimum absolute atomic E-state index is 0.141. The lowest BCUT2D eigenvalue weighted by molar-refractivity contribution is -0.123. The molecule has 0 saturated heterocycles. The van der Waals surface area contributed by atoms with E-state index in [-0.39, 0.29) is 12.4 Å². The van der Waals surface area contributed by atoms with Crippen molar-refractivity contribution in [2.75, 3.05) is 33.0 Å². The molecule has 0 aliphatic rings. The van der Waals surface area contributed by atoms with Crippen LogP contribution in [0.2, 0.25) is 0 Å². The highest BCUT2D eigenvalue weighted by molar-refractivity contribution is 5.79. The van der Waals surface area contributed by atoms with Crippen LogP contribution in [0.4, 0.5) is 0 Å². The average Bonchev–Trinajstić information content (AvgIpc) is 2.62. The molecule has 0 fully saturated rings. The number of rotatable bonds is 15. The molecule has 148 valence electrons. The van der Waals surface area contributed by atoms with Crippen molar-refractivity contribution in [2.24, 2.45) is 0 Å². The summed E-state index contributed by atoms with van der Waals surface area (Å²) >= 11 is 0. The fourth-order valence-electron chi connectivity index (χ4n) is 2.45. The number of nitrogens with one attached hydrogen (secondary N) is 1. The van der Waals surface area contributed by atoms with Crippen LogP contribution in [0, 0.1) is 0 Å². The van der Waals surface area contributed by atoms with E-state index >= 15 is 0 Å². The number of hydrogen-bond donors (Lipinski definition) is 1. The number of carbonyl (C=O) groups excluding carboxylic acids is 1. The SMILES string of the molecule is CCC(=O)COCCCOCCCOc1ccc([C@@H](C)NC(C)C)cc1. The van der Waals surface area contributed by atoms with E-state index in [0.29, 0.717) is 44.9 Å². The first-order chi connectivity index (χ1) is 12.5. The van der Waals surface area contributed by atoms with Crippen molar-refractivity contribution in [3.05, 3.63) is 29.8 Å². The Hall–Kier alpha value is -1.43. The van der Waals surface area contributed by atoms with Gasteiger partial charge in [-0.2, -0.15) is 0 Å². The molecule has 5 heteroatoms. The molecule has 0 aliphatic heterocycles. The summed E-state index contributed by atoms with van der Waals surface area (Å²) in [5.74, 6) is 1.03. The molecule has 5 nitrogen and oxygen atoms in total. The third kappa shape index (κ3) is 10.5. The summed E-state index contributed by atoms with van der Waals surface area (Å²) < 4.78 is 16.5. The second-order valence-corrected chi connectivity index (χ2v) is 6.72. The lowest BCUT2D eigenvalue weighted by Crippen LogP contribution is -2.25. The molecule has 1 atom stereocenters. The minimum atomic E-state index is 0.141. The highest BCUT2D eigenvalue weighted by Gasteiger charge is 2.06. The molecule has 1 N–H and O–H groups in total. The summed E-state index contributed by atoms with van der Waals surface area (Å²) in [4.78, 5) is 11.1. The van der Waals surface area contributed by atoms with Gasteiger partial charge in [0.15, 0.2) is 5.78 Å². The normalized spacial score (nSPS) is 12.3. The van der Waals surface area contributed by atoms with E-state index in [1.807, 2.05) is 19.1 Å². The van der Waals surface area contributed by atoms with Crippen LogP contribution in [0.15, 0.2) is 24.3 Å². The van der Waals surface area contributed by atoms with Crippen LogP contribution in [0.25, 0.3) is 0 Å². The second-order valence-electron chi connectivity index (χ2n) is 6.72. The molecule has 26 heavy (non-hydrogen) atoms. The van der Waals surface area contributed by atoms with Crippen LogP contribution in [0.3, 0.4) is 0 Å². The maximum Gasteiger partial charge on any atom is 0.158 e. The van der Waals surface area contributed by atoms with Crippen molar-refractivity contribution in [1.82, 2.24) is 5.32 Å². The maximum absolute atomic E-state index is 11.1. The summed E-state index contributed by atoms with van der Waals surface area (Å²) in [6, 6.07) is 9.05. The molecule has 0 radical (unpaired) electrons. The van der Waals surface area contributed by atoms with Crippen LogP contribution in [-0.2, 0) is 14.3 Å². The van der Waals surface area contributed by atoms with E-state index in [0.717, 1.165) is 18.6 Å². The van der Waals surface area contributed by atoms with Crippen molar-refractivity contribution < 1.29 is 19.0 Å². The van der Waals surface area contributed by atoms with Crippen LogP contribution in [-0.4, -0.2) is 44.9 Å². The molecule has 1 rings (SSSR count). The van der Waals surface area contributed by atoms with Gasteiger partial charge in [0.2, 0.25) is 0 Å². The molecular weight excluding hydrogens is 330 g/mol. The van der Waals surface area contributed by atoms with Crippen molar-refractivity contribution in [2.45, 2.75) is 59.0 Å². The topological polar surface area (TPSA) is 56.8 Å². The van der Waals surface area contributed by atoms with Gasteiger partial charge in [-0.05, 0) is 31.0 Å². The zero-order valence-corrected chi connectivity index (χ0v) is 16.8. The molecule has 0 unspecified atom stereocenters. The van der Waals surface area contributed by atoms with Gasteiger partial charge in [0, 0.05) is 44.7 Å². The summed E-state index contributed by atoms with van der Waals surface area (Å²) in [6.45, 7) is 11.1. The number of Topliss-reactive ketones (excluding diaryl/α,β-unsaturated/α-hetero) is 1. The molecular formula is C21H35NO4.